The van der Waals surface area contributed by atoms with Crippen molar-refractivity contribution in [3.8, 4) is 5.75 Å². The molecule has 1 aromatic rings. The number of carbonyl (C=O) groups excluding carboxylic acids is 4. The number of hydrogen-bond acceptors (Lipinski definition) is 6. The molecule has 1 aliphatic carbocycles. The number of methoxy groups -OCH3 is 1. The van der Waals surface area contributed by atoms with E-state index in [0.717, 1.165) is 24.2 Å². The molecule has 3 rings (SSSR count). The number of rotatable bonds is 6. The van der Waals surface area contributed by atoms with Gasteiger partial charge in [-0.3, -0.25) is 19.3 Å². The minimum absolute atomic E-state index is 0.00370. The van der Waals surface area contributed by atoms with Gasteiger partial charge in [0.2, 0.25) is 0 Å². The molecule has 4 amide bonds. The SMILES string of the molecule is COc1ccc(NC(=O)COC(=O)CN2C(=O)N[C@@]3(CCCC[C@@H]3C)C2=O)cc1. The van der Waals surface area contributed by atoms with Gasteiger partial charge in [0.1, 0.15) is 17.8 Å². The Morgan fingerprint density at radius 3 is 2.62 bits per heavy atom. The highest BCUT2D eigenvalue weighted by Gasteiger charge is 2.55. The topological polar surface area (TPSA) is 114 Å². The van der Waals surface area contributed by atoms with Crippen LogP contribution in [0.3, 0.4) is 0 Å². The number of carbonyl (C=O) groups is 4. The number of nitrogens with zero attached hydrogens (tertiary/aromatic N) is 1. The van der Waals surface area contributed by atoms with Crippen LogP contribution in [0.5, 0.6) is 5.75 Å². The third-order valence-corrected chi connectivity index (χ3v) is 5.53. The Balaban J connectivity index is 1.50. The van der Waals surface area contributed by atoms with Gasteiger partial charge in [-0.05, 0) is 43.0 Å². The van der Waals surface area contributed by atoms with Gasteiger partial charge in [0.15, 0.2) is 6.61 Å². The van der Waals surface area contributed by atoms with E-state index in [4.69, 9.17) is 9.47 Å². The van der Waals surface area contributed by atoms with Crippen LogP contribution < -0.4 is 15.4 Å². The largest absolute Gasteiger partial charge is 0.497 e. The van der Waals surface area contributed by atoms with Crippen molar-refractivity contribution < 1.29 is 28.7 Å². The third kappa shape index (κ3) is 4.33. The molecular weight excluding hydrogens is 378 g/mol. The van der Waals surface area contributed by atoms with Gasteiger partial charge in [0.25, 0.3) is 11.8 Å². The van der Waals surface area contributed by atoms with Crippen molar-refractivity contribution in [3.05, 3.63) is 24.3 Å². The van der Waals surface area contributed by atoms with E-state index >= 15 is 0 Å². The summed E-state index contributed by atoms with van der Waals surface area (Å²) < 4.78 is 9.97. The summed E-state index contributed by atoms with van der Waals surface area (Å²) in [5.41, 5.74) is -0.407. The lowest BCUT2D eigenvalue weighted by Crippen LogP contribution is -2.54. The first-order chi connectivity index (χ1) is 13.9. The van der Waals surface area contributed by atoms with Crippen LogP contribution in [0.1, 0.15) is 32.6 Å². The lowest BCUT2D eigenvalue weighted by atomic mass is 9.73. The molecule has 1 saturated carbocycles. The van der Waals surface area contributed by atoms with E-state index in [0.29, 0.717) is 17.9 Å². The number of nitrogens with one attached hydrogen (secondary N) is 2. The maximum absolute atomic E-state index is 12.8. The van der Waals surface area contributed by atoms with E-state index in [1.165, 1.54) is 7.11 Å². The number of esters is 1. The Morgan fingerprint density at radius 2 is 1.97 bits per heavy atom. The summed E-state index contributed by atoms with van der Waals surface area (Å²) in [5.74, 6) is -1.09. The summed E-state index contributed by atoms with van der Waals surface area (Å²) in [4.78, 5) is 50.0. The molecule has 1 spiro atoms. The highest BCUT2D eigenvalue weighted by atomic mass is 16.5. The zero-order chi connectivity index (χ0) is 21.0. The molecule has 156 valence electrons. The van der Waals surface area contributed by atoms with Gasteiger partial charge in [-0.15, -0.1) is 0 Å². The summed E-state index contributed by atoms with van der Waals surface area (Å²) in [6.45, 7) is 0.897. The molecule has 29 heavy (non-hydrogen) atoms. The van der Waals surface area contributed by atoms with Gasteiger partial charge in [-0.1, -0.05) is 19.8 Å². The lowest BCUT2D eigenvalue weighted by Gasteiger charge is -2.36. The molecule has 0 radical (unpaired) electrons. The average molecular weight is 403 g/mol. The van der Waals surface area contributed by atoms with E-state index in [9.17, 15) is 19.2 Å². The number of urea groups is 1. The molecule has 0 unspecified atom stereocenters. The van der Waals surface area contributed by atoms with Gasteiger partial charge in [-0.25, -0.2) is 4.79 Å². The zero-order valence-electron chi connectivity index (χ0n) is 16.5. The second kappa shape index (κ2) is 8.50. The van der Waals surface area contributed by atoms with Crippen LogP contribution >= 0.6 is 0 Å². The van der Waals surface area contributed by atoms with Crippen molar-refractivity contribution in [1.29, 1.82) is 0 Å². The van der Waals surface area contributed by atoms with Crippen LogP contribution in [-0.2, 0) is 19.1 Å². The molecule has 2 atom stereocenters. The first-order valence-corrected chi connectivity index (χ1v) is 9.59. The zero-order valence-corrected chi connectivity index (χ0v) is 16.5. The van der Waals surface area contributed by atoms with Gasteiger partial charge in [0.05, 0.1) is 7.11 Å². The molecule has 1 saturated heterocycles. The Kier molecular flexibility index (Phi) is 6.05. The van der Waals surface area contributed by atoms with Crippen LogP contribution in [0.4, 0.5) is 10.5 Å². The van der Waals surface area contributed by atoms with Crippen molar-refractivity contribution in [2.24, 2.45) is 5.92 Å². The second-order valence-electron chi connectivity index (χ2n) is 7.38. The maximum atomic E-state index is 12.8. The molecule has 9 heteroatoms. The fraction of sp³-hybridized carbons (Fsp3) is 0.500. The Labute approximate surface area is 168 Å². The summed E-state index contributed by atoms with van der Waals surface area (Å²) in [7, 11) is 1.54. The van der Waals surface area contributed by atoms with Crippen molar-refractivity contribution >= 4 is 29.5 Å². The van der Waals surface area contributed by atoms with Gasteiger partial charge >= 0.3 is 12.0 Å². The molecule has 9 nitrogen and oxygen atoms in total. The number of imide groups is 1. The Hall–Kier alpha value is -3.10. The molecule has 1 heterocycles. The Bertz CT molecular complexity index is 809. The molecule has 1 aromatic carbocycles. The van der Waals surface area contributed by atoms with Crippen molar-refractivity contribution in [2.45, 2.75) is 38.1 Å². The van der Waals surface area contributed by atoms with E-state index < -0.39 is 42.5 Å². The molecule has 0 bridgehead atoms. The van der Waals surface area contributed by atoms with Crippen molar-refractivity contribution in [2.75, 3.05) is 25.6 Å². The average Bonchev–Trinajstić information content (AvgIpc) is 2.94. The number of ether oxygens (including phenoxy) is 2. The molecule has 2 N–H and O–H groups in total. The summed E-state index contributed by atoms with van der Waals surface area (Å²) in [6.07, 6.45) is 3.27. The van der Waals surface area contributed by atoms with E-state index in [2.05, 4.69) is 10.6 Å². The van der Waals surface area contributed by atoms with E-state index in [1.807, 2.05) is 6.92 Å². The quantitative estimate of drug-likeness (QED) is 0.552. The van der Waals surface area contributed by atoms with Gasteiger partial charge in [-0.2, -0.15) is 0 Å². The molecule has 1 aliphatic heterocycles. The summed E-state index contributed by atoms with van der Waals surface area (Å²) >= 11 is 0. The van der Waals surface area contributed by atoms with Crippen LogP contribution in [0.15, 0.2) is 24.3 Å². The number of anilines is 1. The molecule has 2 aliphatic rings. The number of amides is 4. The van der Waals surface area contributed by atoms with Gasteiger partial charge in [0, 0.05) is 5.69 Å². The van der Waals surface area contributed by atoms with Crippen LogP contribution in [0.25, 0.3) is 0 Å². The third-order valence-electron chi connectivity index (χ3n) is 5.53. The van der Waals surface area contributed by atoms with Crippen molar-refractivity contribution in [3.63, 3.8) is 0 Å². The highest BCUT2D eigenvalue weighted by molar-refractivity contribution is 6.09. The molecule has 2 fully saturated rings. The summed E-state index contributed by atoms with van der Waals surface area (Å²) in [6, 6.07) is 6.07. The number of hydrogen-bond donors (Lipinski definition) is 2. The number of benzene rings is 1. The fourth-order valence-electron chi connectivity index (χ4n) is 3.83. The smallest absolute Gasteiger partial charge is 0.326 e. The van der Waals surface area contributed by atoms with Crippen LogP contribution in [0.2, 0.25) is 0 Å². The predicted molar refractivity (Wildman–Crippen MR) is 103 cm³/mol. The lowest BCUT2D eigenvalue weighted by molar-refractivity contribution is -0.150. The minimum atomic E-state index is -0.929. The second-order valence-corrected chi connectivity index (χ2v) is 7.38. The first-order valence-electron chi connectivity index (χ1n) is 9.59. The standard InChI is InChI=1S/C20H25N3O6/c1-13-5-3-4-10-20(13)18(26)23(19(27)22-20)11-17(25)29-12-16(24)21-14-6-8-15(28-2)9-7-14/h6-9,13H,3-5,10-12H2,1-2H3,(H,21,24)(H,22,27)/t13-,20+/m0/s1. The fourth-order valence-corrected chi connectivity index (χ4v) is 3.83. The maximum Gasteiger partial charge on any atom is 0.326 e. The van der Waals surface area contributed by atoms with Crippen LogP contribution in [-0.4, -0.2) is 54.5 Å². The Morgan fingerprint density at radius 1 is 1.24 bits per heavy atom. The molecular formula is C20H25N3O6. The molecule has 0 aromatic heterocycles. The normalized spacial score (nSPS) is 23.7. The van der Waals surface area contributed by atoms with E-state index in [1.54, 1.807) is 24.3 Å². The minimum Gasteiger partial charge on any atom is -0.497 e. The van der Waals surface area contributed by atoms with Crippen LogP contribution in [0, 0.1) is 5.92 Å². The van der Waals surface area contributed by atoms with Crippen molar-refractivity contribution in [1.82, 2.24) is 10.2 Å². The first kappa shape index (κ1) is 20.6. The van der Waals surface area contributed by atoms with E-state index in [-0.39, 0.29) is 5.92 Å². The van der Waals surface area contributed by atoms with Gasteiger partial charge < -0.3 is 20.1 Å². The predicted octanol–water partition coefficient (Wildman–Crippen LogP) is 1.68. The highest BCUT2D eigenvalue weighted by Crippen LogP contribution is 2.38. The monoisotopic (exact) mass is 403 g/mol. The summed E-state index contributed by atoms with van der Waals surface area (Å²) in [5, 5.41) is 5.35.